The van der Waals surface area contributed by atoms with Gasteiger partial charge >= 0.3 is 5.97 Å². The van der Waals surface area contributed by atoms with E-state index < -0.39 is 65.3 Å². The molecule has 14 heteroatoms. The Bertz CT molecular complexity index is 1520. The third-order valence-electron chi connectivity index (χ3n) is 8.62. The summed E-state index contributed by atoms with van der Waals surface area (Å²) >= 11 is 5.67. The van der Waals surface area contributed by atoms with Gasteiger partial charge in [0, 0.05) is 38.8 Å². The molecule has 5 amide bonds. The molecule has 1 aliphatic rings. The van der Waals surface area contributed by atoms with Crippen molar-refractivity contribution in [2.24, 2.45) is 11.7 Å². The second-order valence-electron chi connectivity index (χ2n) is 12.3. The van der Waals surface area contributed by atoms with E-state index in [1.807, 2.05) is 42.5 Å². The maximum atomic E-state index is 14.0. The number of fused-ring (bicyclic) bond motifs is 1. The number of carbonyl (C=O) groups excluding carboxylic acids is 7. The van der Waals surface area contributed by atoms with Crippen LogP contribution in [-0.2, 0) is 44.7 Å². The fourth-order valence-electron chi connectivity index (χ4n) is 5.98. The number of ketones is 1. The highest BCUT2D eigenvalue weighted by Gasteiger charge is 2.38. The summed E-state index contributed by atoms with van der Waals surface area (Å²) in [6.07, 6.45) is 1.97. The monoisotopic (exact) mass is 699 g/mol. The first-order valence-corrected chi connectivity index (χ1v) is 17.0. The molecular weight excluding hydrogens is 654 g/mol. The molecule has 4 atom stereocenters. The van der Waals surface area contributed by atoms with Crippen LogP contribution in [0.15, 0.2) is 42.5 Å². The van der Waals surface area contributed by atoms with E-state index in [0.717, 1.165) is 16.3 Å². The fraction of sp³-hybridized carbons (Fsp3) is 0.514. The SMILES string of the molecule is COC(=O)CC[C@H](NC(=O)CCl)C(=O)N1CCCC[C@H]1C(=O)N[C@@H](Cc1ccc2ccccc2c1)C(=O)C[C@@H](CCCNC(C)=O)C(N)=O. The molecule has 49 heavy (non-hydrogen) atoms. The number of nitrogens with zero attached hydrogens (tertiary/aromatic N) is 1. The summed E-state index contributed by atoms with van der Waals surface area (Å²) in [5.41, 5.74) is 6.44. The number of nitrogens with one attached hydrogen (secondary N) is 3. The van der Waals surface area contributed by atoms with Gasteiger partial charge in [0.1, 0.15) is 18.0 Å². The minimum atomic E-state index is -1.12. The number of ether oxygens (including phenoxy) is 1. The molecule has 13 nitrogen and oxygen atoms in total. The Morgan fingerprint density at radius 3 is 2.39 bits per heavy atom. The van der Waals surface area contributed by atoms with E-state index in [-0.39, 0.29) is 44.6 Å². The number of primary amides is 1. The van der Waals surface area contributed by atoms with Crippen molar-refractivity contribution in [3.8, 4) is 0 Å². The van der Waals surface area contributed by atoms with Gasteiger partial charge in [-0.05, 0) is 61.3 Å². The largest absolute Gasteiger partial charge is 0.469 e. The quantitative estimate of drug-likeness (QED) is 0.103. The summed E-state index contributed by atoms with van der Waals surface area (Å²) in [5, 5.41) is 10.0. The molecule has 3 rings (SSSR count). The van der Waals surface area contributed by atoms with Crippen LogP contribution in [0.3, 0.4) is 0 Å². The predicted octanol–water partition coefficient (Wildman–Crippen LogP) is 1.90. The molecule has 0 radical (unpaired) electrons. The van der Waals surface area contributed by atoms with E-state index in [1.54, 1.807) is 0 Å². The lowest BCUT2D eigenvalue weighted by atomic mass is 9.90. The zero-order valence-corrected chi connectivity index (χ0v) is 28.8. The smallest absolute Gasteiger partial charge is 0.305 e. The van der Waals surface area contributed by atoms with Crippen molar-refractivity contribution in [1.82, 2.24) is 20.9 Å². The van der Waals surface area contributed by atoms with Crippen molar-refractivity contribution >= 4 is 63.7 Å². The molecule has 0 saturated carbocycles. The first kappa shape index (κ1) is 38.9. The summed E-state index contributed by atoms with van der Waals surface area (Å²) in [6.45, 7) is 1.93. The number of amides is 5. The minimum Gasteiger partial charge on any atom is -0.469 e. The molecule has 0 spiro atoms. The molecule has 1 fully saturated rings. The van der Waals surface area contributed by atoms with Crippen LogP contribution < -0.4 is 21.7 Å². The summed E-state index contributed by atoms with van der Waals surface area (Å²) in [4.78, 5) is 90.6. The van der Waals surface area contributed by atoms with Crippen LogP contribution in [0, 0.1) is 5.92 Å². The van der Waals surface area contributed by atoms with Crippen LogP contribution in [0.4, 0.5) is 0 Å². The van der Waals surface area contributed by atoms with Crippen molar-refractivity contribution in [1.29, 1.82) is 0 Å². The van der Waals surface area contributed by atoms with E-state index in [1.165, 1.54) is 18.9 Å². The van der Waals surface area contributed by atoms with Gasteiger partial charge in [0.25, 0.3) is 0 Å². The van der Waals surface area contributed by atoms with Crippen molar-refractivity contribution in [3.63, 3.8) is 0 Å². The zero-order valence-electron chi connectivity index (χ0n) is 28.0. The number of nitrogens with two attached hydrogens (primary N) is 1. The number of esters is 1. The summed E-state index contributed by atoms with van der Waals surface area (Å²) in [5.74, 6) is -4.75. The molecule has 0 unspecified atom stereocenters. The lowest BCUT2D eigenvalue weighted by Gasteiger charge is -2.37. The number of carbonyl (C=O) groups is 7. The Morgan fingerprint density at radius 1 is 0.980 bits per heavy atom. The minimum absolute atomic E-state index is 0.0571. The highest BCUT2D eigenvalue weighted by Crippen LogP contribution is 2.22. The first-order chi connectivity index (χ1) is 23.4. The zero-order chi connectivity index (χ0) is 35.9. The second kappa shape index (κ2) is 19.5. The summed E-state index contributed by atoms with van der Waals surface area (Å²) < 4.78 is 4.69. The van der Waals surface area contributed by atoms with E-state index >= 15 is 0 Å². The van der Waals surface area contributed by atoms with Crippen molar-refractivity contribution in [2.45, 2.75) is 82.8 Å². The van der Waals surface area contributed by atoms with Gasteiger partial charge in [-0.1, -0.05) is 42.5 Å². The number of benzene rings is 2. The molecule has 1 heterocycles. The molecule has 5 N–H and O–H groups in total. The van der Waals surface area contributed by atoms with Crippen LogP contribution in [0.5, 0.6) is 0 Å². The molecule has 0 aliphatic carbocycles. The molecular formula is C35H46ClN5O8. The maximum Gasteiger partial charge on any atom is 0.305 e. The Labute approximate surface area is 291 Å². The number of halogens is 1. The number of methoxy groups -OCH3 is 1. The van der Waals surface area contributed by atoms with Crippen molar-refractivity contribution in [3.05, 3.63) is 48.0 Å². The average molecular weight is 700 g/mol. The van der Waals surface area contributed by atoms with Crippen LogP contribution in [-0.4, -0.2) is 90.4 Å². The van der Waals surface area contributed by atoms with Gasteiger partial charge in [0.15, 0.2) is 5.78 Å². The van der Waals surface area contributed by atoms with Gasteiger partial charge < -0.3 is 31.3 Å². The van der Waals surface area contributed by atoms with Crippen molar-refractivity contribution < 1.29 is 38.3 Å². The van der Waals surface area contributed by atoms with Gasteiger partial charge in [-0.2, -0.15) is 0 Å². The van der Waals surface area contributed by atoms with E-state index in [9.17, 15) is 33.6 Å². The van der Waals surface area contributed by atoms with Crippen LogP contribution in [0.1, 0.15) is 63.9 Å². The lowest BCUT2D eigenvalue weighted by Crippen LogP contribution is -2.59. The van der Waals surface area contributed by atoms with Crippen LogP contribution >= 0.6 is 11.6 Å². The van der Waals surface area contributed by atoms with Gasteiger partial charge in [-0.25, -0.2) is 0 Å². The lowest BCUT2D eigenvalue weighted by molar-refractivity contribution is -0.146. The number of piperidine rings is 1. The second-order valence-corrected chi connectivity index (χ2v) is 12.5. The predicted molar refractivity (Wildman–Crippen MR) is 183 cm³/mol. The molecule has 2 aromatic rings. The van der Waals surface area contributed by atoms with Gasteiger partial charge in [-0.15, -0.1) is 11.6 Å². The molecule has 266 valence electrons. The summed E-state index contributed by atoms with van der Waals surface area (Å²) in [6, 6.07) is 10.3. The molecule has 0 aromatic heterocycles. The molecule has 1 saturated heterocycles. The van der Waals surface area contributed by atoms with Gasteiger partial charge in [0.05, 0.1) is 13.2 Å². The van der Waals surface area contributed by atoms with Gasteiger partial charge in [0.2, 0.25) is 29.5 Å². The fourth-order valence-corrected chi connectivity index (χ4v) is 6.06. The number of hydrogen-bond donors (Lipinski definition) is 4. The highest BCUT2D eigenvalue weighted by atomic mass is 35.5. The third-order valence-corrected chi connectivity index (χ3v) is 8.86. The third kappa shape index (κ3) is 12.1. The van der Waals surface area contributed by atoms with E-state index in [4.69, 9.17) is 17.3 Å². The Balaban J connectivity index is 1.85. The Kier molecular flexibility index (Phi) is 15.5. The number of alkyl halides is 1. The number of likely N-dealkylation sites (tertiary alicyclic amines) is 1. The van der Waals surface area contributed by atoms with E-state index in [2.05, 4.69) is 20.7 Å². The van der Waals surface area contributed by atoms with Crippen molar-refractivity contribution in [2.75, 3.05) is 26.1 Å². The average Bonchev–Trinajstić information content (AvgIpc) is 3.09. The van der Waals surface area contributed by atoms with E-state index in [0.29, 0.717) is 32.2 Å². The van der Waals surface area contributed by atoms with Gasteiger partial charge in [-0.3, -0.25) is 33.6 Å². The summed E-state index contributed by atoms with van der Waals surface area (Å²) in [7, 11) is 1.22. The Hall–Kier alpha value is -4.52. The molecule has 2 aromatic carbocycles. The number of hydrogen-bond acceptors (Lipinski definition) is 8. The first-order valence-electron chi connectivity index (χ1n) is 16.5. The highest BCUT2D eigenvalue weighted by molar-refractivity contribution is 6.27. The normalized spacial score (nSPS) is 16.1. The Morgan fingerprint density at radius 2 is 1.71 bits per heavy atom. The molecule has 0 bridgehead atoms. The number of rotatable bonds is 18. The van der Waals surface area contributed by atoms with Crippen LogP contribution in [0.25, 0.3) is 10.8 Å². The van der Waals surface area contributed by atoms with Crippen LogP contribution in [0.2, 0.25) is 0 Å². The maximum absolute atomic E-state index is 14.0. The number of Topliss-reactive ketones (excluding diaryl/α,β-unsaturated/α-hetero) is 1. The molecule has 1 aliphatic heterocycles. The standard InChI is InChI=1S/C35H46ClN5O8/c1-22(42)38-16-7-10-26(33(37)46)20-30(43)28(19-23-12-13-24-8-3-4-9-25(24)18-23)40-34(47)29-11-5-6-17-41(29)35(48)27(39-31(44)21-36)14-15-32(45)49-2/h3-4,8-9,12-13,18,26-29H,5-7,10-11,14-17,19-21H2,1-2H3,(H2,37,46)(H,38,42)(H,39,44)(H,40,47)/t26-,27+,28+,29+/m1/s1. The topological polar surface area (TPSA) is 194 Å².